The Balaban J connectivity index is 1.80. The monoisotopic (exact) mass is 380 g/mol. The van der Waals surface area contributed by atoms with Crippen LogP contribution in [0.25, 0.3) is 0 Å². The molecule has 0 unspecified atom stereocenters. The van der Waals surface area contributed by atoms with Crippen molar-refractivity contribution in [2.75, 3.05) is 6.61 Å². The topological polar surface area (TPSA) is 67.4 Å². The summed E-state index contributed by atoms with van der Waals surface area (Å²) in [5.41, 5.74) is 7.13. The summed E-state index contributed by atoms with van der Waals surface area (Å²) in [7, 11) is 0. The summed E-state index contributed by atoms with van der Waals surface area (Å²) in [5, 5.41) is 0.887. The summed E-state index contributed by atoms with van der Waals surface area (Å²) in [6, 6.07) is 10.6. The van der Waals surface area contributed by atoms with Crippen molar-refractivity contribution in [2.24, 2.45) is 0 Å². The predicted octanol–water partition coefficient (Wildman–Crippen LogP) is 3.38. The molecule has 7 heteroatoms. The third-order valence-corrected chi connectivity index (χ3v) is 4.05. The molecule has 132 valence electrons. The molecule has 0 aliphatic carbocycles. The number of amides is 2. The molecule has 0 aromatic heterocycles. The zero-order valence-corrected chi connectivity index (χ0v) is 15.4. The number of nitrogens with one attached hydrogen (secondary N) is 2. The molecule has 0 bridgehead atoms. The molecule has 2 amide bonds. The van der Waals surface area contributed by atoms with Crippen molar-refractivity contribution in [3.63, 3.8) is 0 Å². The van der Waals surface area contributed by atoms with E-state index in [2.05, 4.69) is 10.9 Å². The lowest BCUT2D eigenvalue weighted by Crippen LogP contribution is -2.44. The molecule has 0 radical (unpaired) electrons. The summed E-state index contributed by atoms with van der Waals surface area (Å²) in [6.45, 7) is 3.60. The van der Waals surface area contributed by atoms with Gasteiger partial charge in [-0.05, 0) is 42.7 Å². The molecule has 0 saturated heterocycles. The highest BCUT2D eigenvalue weighted by Gasteiger charge is 2.10. The van der Waals surface area contributed by atoms with E-state index < -0.39 is 11.8 Å². The van der Waals surface area contributed by atoms with Crippen LogP contribution in [0.3, 0.4) is 0 Å². The van der Waals surface area contributed by atoms with Crippen molar-refractivity contribution in [1.82, 2.24) is 10.9 Å². The first kappa shape index (κ1) is 19.1. The van der Waals surface area contributed by atoms with Crippen LogP contribution in [-0.2, 0) is 16.0 Å². The fraction of sp³-hybridized carbons (Fsp3) is 0.222. The molecule has 0 saturated carbocycles. The van der Waals surface area contributed by atoms with Gasteiger partial charge in [0.05, 0.1) is 6.42 Å². The van der Waals surface area contributed by atoms with Gasteiger partial charge in [0.25, 0.3) is 5.91 Å². The van der Waals surface area contributed by atoms with Gasteiger partial charge >= 0.3 is 0 Å². The van der Waals surface area contributed by atoms with E-state index in [9.17, 15) is 9.59 Å². The highest BCUT2D eigenvalue weighted by Crippen LogP contribution is 2.22. The summed E-state index contributed by atoms with van der Waals surface area (Å²) in [5.74, 6) is -0.195. The zero-order valence-electron chi connectivity index (χ0n) is 13.9. The highest BCUT2D eigenvalue weighted by molar-refractivity contribution is 6.35. The van der Waals surface area contributed by atoms with Gasteiger partial charge in [0.2, 0.25) is 5.91 Å². The minimum Gasteiger partial charge on any atom is -0.483 e. The van der Waals surface area contributed by atoms with Crippen LogP contribution in [0.1, 0.15) is 16.7 Å². The number of carbonyl (C=O) groups excluding carboxylic acids is 2. The first-order chi connectivity index (χ1) is 11.9. The smallest absolute Gasteiger partial charge is 0.276 e. The van der Waals surface area contributed by atoms with E-state index in [1.165, 1.54) is 0 Å². The SMILES string of the molecule is Cc1cccc(C)c1OCC(=O)NNC(=O)Cc1ccc(Cl)cc1Cl. The highest BCUT2D eigenvalue weighted by atomic mass is 35.5. The maximum atomic E-state index is 11.9. The maximum absolute atomic E-state index is 11.9. The van der Waals surface area contributed by atoms with E-state index >= 15 is 0 Å². The Morgan fingerprint density at radius 2 is 1.64 bits per heavy atom. The molecule has 25 heavy (non-hydrogen) atoms. The van der Waals surface area contributed by atoms with Crippen molar-refractivity contribution in [3.05, 3.63) is 63.1 Å². The van der Waals surface area contributed by atoms with Gasteiger partial charge in [0.1, 0.15) is 5.75 Å². The van der Waals surface area contributed by atoms with Gasteiger partial charge in [-0.1, -0.05) is 47.5 Å². The van der Waals surface area contributed by atoms with Crippen molar-refractivity contribution in [1.29, 1.82) is 0 Å². The second-order valence-corrected chi connectivity index (χ2v) is 6.36. The molecule has 0 heterocycles. The van der Waals surface area contributed by atoms with E-state index in [1.54, 1.807) is 18.2 Å². The first-order valence-corrected chi connectivity index (χ1v) is 8.33. The number of halogens is 2. The fourth-order valence-electron chi connectivity index (χ4n) is 2.22. The van der Waals surface area contributed by atoms with E-state index in [0.717, 1.165) is 11.1 Å². The minimum atomic E-state index is -0.460. The Kier molecular flexibility index (Phi) is 6.67. The average Bonchev–Trinajstić information content (AvgIpc) is 2.55. The minimum absolute atomic E-state index is 0.0219. The molecule has 0 spiro atoms. The van der Waals surface area contributed by atoms with Crippen LogP contribution in [0.15, 0.2) is 36.4 Å². The molecule has 0 aliphatic heterocycles. The van der Waals surface area contributed by atoms with E-state index in [1.807, 2.05) is 32.0 Å². The Hall–Kier alpha value is -2.24. The molecule has 2 aromatic rings. The number of para-hydroxylation sites is 1. The molecule has 5 nitrogen and oxygen atoms in total. The molecule has 0 fully saturated rings. The zero-order chi connectivity index (χ0) is 18.4. The van der Waals surface area contributed by atoms with E-state index in [4.69, 9.17) is 27.9 Å². The van der Waals surface area contributed by atoms with Crippen molar-refractivity contribution in [2.45, 2.75) is 20.3 Å². The summed E-state index contributed by atoms with van der Waals surface area (Å²) in [6.07, 6.45) is 0.0219. The van der Waals surface area contributed by atoms with Gasteiger partial charge < -0.3 is 4.74 Å². The van der Waals surface area contributed by atoms with Gasteiger partial charge in [0.15, 0.2) is 6.61 Å². The average molecular weight is 381 g/mol. The standard InChI is InChI=1S/C18H18Cl2N2O3/c1-11-4-3-5-12(2)18(11)25-10-17(24)22-21-16(23)8-13-6-7-14(19)9-15(13)20/h3-7,9H,8,10H2,1-2H3,(H,21,23)(H,22,24). The van der Waals surface area contributed by atoms with Crippen LogP contribution in [0, 0.1) is 13.8 Å². The van der Waals surface area contributed by atoms with Crippen molar-refractivity contribution < 1.29 is 14.3 Å². The molecule has 2 N–H and O–H groups in total. The molecular formula is C18H18Cl2N2O3. The van der Waals surface area contributed by atoms with Crippen molar-refractivity contribution >= 4 is 35.0 Å². The number of hydrogen-bond donors (Lipinski definition) is 2. The quantitative estimate of drug-likeness (QED) is 0.781. The summed E-state index contributed by atoms with van der Waals surface area (Å²) < 4.78 is 5.51. The molecular weight excluding hydrogens is 363 g/mol. The normalized spacial score (nSPS) is 10.2. The summed E-state index contributed by atoms with van der Waals surface area (Å²) >= 11 is 11.8. The molecule has 2 aromatic carbocycles. The number of carbonyl (C=O) groups is 2. The lowest BCUT2D eigenvalue weighted by Gasteiger charge is -2.12. The van der Waals surface area contributed by atoms with E-state index in [-0.39, 0.29) is 13.0 Å². The fourth-order valence-corrected chi connectivity index (χ4v) is 2.70. The van der Waals surface area contributed by atoms with Gasteiger partial charge in [0, 0.05) is 10.0 Å². The van der Waals surface area contributed by atoms with E-state index in [0.29, 0.717) is 21.4 Å². The molecule has 0 aliphatic rings. The van der Waals surface area contributed by atoms with Crippen LogP contribution >= 0.6 is 23.2 Å². The molecule has 0 atom stereocenters. The van der Waals surface area contributed by atoms with Gasteiger partial charge in [-0.3, -0.25) is 20.4 Å². The Morgan fingerprint density at radius 1 is 1.00 bits per heavy atom. The van der Waals surface area contributed by atoms with Crippen molar-refractivity contribution in [3.8, 4) is 5.75 Å². The second-order valence-electron chi connectivity index (χ2n) is 5.52. The van der Waals surface area contributed by atoms with Crippen LogP contribution in [0.4, 0.5) is 0 Å². The number of aryl methyl sites for hydroxylation is 2. The number of benzene rings is 2. The second kappa shape index (κ2) is 8.74. The predicted molar refractivity (Wildman–Crippen MR) is 97.9 cm³/mol. The summed E-state index contributed by atoms with van der Waals surface area (Å²) in [4.78, 5) is 23.7. The van der Waals surface area contributed by atoms with Gasteiger partial charge in [-0.15, -0.1) is 0 Å². The lowest BCUT2D eigenvalue weighted by molar-refractivity contribution is -0.129. The third kappa shape index (κ3) is 5.66. The maximum Gasteiger partial charge on any atom is 0.276 e. The van der Waals surface area contributed by atoms with Gasteiger partial charge in [-0.25, -0.2) is 0 Å². The van der Waals surface area contributed by atoms with Crippen LogP contribution in [0.2, 0.25) is 10.0 Å². The lowest BCUT2D eigenvalue weighted by atomic mass is 10.1. The Bertz CT molecular complexity index is 774. The third-order valence-electron chi connectivity index (χ3n) is 3.46. The molecule has 2 rings (SSSR count). The number of hydrogen-bond acceptors (Lipinski definition) is 3. The Morgan fingerprint density at radius 3 is 2.28 bits per heavy atom. The number of hydrazine groups is 1. The van der Waals surface area contributed by atoms with Gasteiger partial charge in [-0.2, -0.15) is 0 Å². The largest absolute Gasteiger partial charge is 0.483 e. The number of ether oxygens (including phenoxy) is 1. The van der Waals surface area contributed by atoms with Crippen LogP contribution in [-0.4, -0.2) is 18.4 Å². The first-order valence-electron chi connectivity index (χ1n) is 7.57. The number of rotatable bonds is 5. The van der Waals surface area contributed by atoms with Crippen LogP contribution < -0.4 is 15.6 Å². The van der Waals surface area contributed by atoms with Crippen LogP contribution in [0.5, 0.6) is 5.75 Å². The Labute approximate surface area is 156 Å².